The highest BCUT2D eigenvalue weighted by atomic mass is 16.5. The van der Waals surface area contributed by atoms with Crippen LogP contribution < -0.4 is 5.32 Å². The number of aromatic nitrogens is 2. The van der Waals surface area contributed by atoms with Gasteiger partial charge in [0, 0.05) is 50.0 Å². The summed E-state index contributed by atoms with van der Waals surface area (Å²) < 4.78 is 5.84. The van der Waals surface area contributed by atoms with Crippen LogP contribution in [0.15, 0.2) is 0 Å². The van der Waals surface area contributed by atoms with E-state index < -0.39 is 0 Å². The van der Waals surface area contributed by atoms with Crippen LogP contribution in [-0.4, -0.2) is 52.8 Å². The summed E-state index contributed by atoms with van der Waals surface area (Å²) in [7, 11) is 0. The molecule has 2 aliphatic heterocycles. The van der Waals surface area contributed by atoms with E-state index in [-0.39, 0.29) is 12.0 Å². The molecule has 138 valence electrons. The molecule has 1 saturated carbocycles. The van der Waals surface area contributed by atoms with Gasteiger partial charge >= 0.3 is 0 Å². The predicted octanol–water partition coefficient (Wildman–Crippen LogP) is 2.26. The molecule has 0 radical (unpaired) electrons. The molecule has 6 nitrogen and oxygen atoms in total. The van der Waals surface area contributed by atoms with Gasteiger partial charge in [-0.2, -0.15) is 5.10 Å². The van der Waals surface area contributed by atoms with Crippen molar-refractivity contribution in [1.29, 1.82) is 0 Å². The van der Waals surface area contributed by atoms with Gasteiger partial charge in [-0.15, -0.1) is 0 Å². The normalized spacial score (nSPS) is 29.4. The molecule has 2 fully saturated rings. The number of amides is 1. The molecule has 4 rings (SSSR count). The maximum absolute atomic E-state index is 13.4. The van der Waals surface area contributed by atoms with Crippen molar-refractivity contribution in [3.05, 3.63) is 17.0 Å². The summed E-state index contributed by atoms with van der Waals surface area (Å²) in [5, 5.41) is 10.9. The number of hydrogen-bond donors (Lipinski definition) is 2. The molecule has 0 spiro atoms. The van der Waals surface area contributed by atoms with Gasteiger partial charge in [-0.1, -0.05) is 6.92 Å². The van der Waals surface area contributed by atoms with Gasteiger partial charge in [-0.3, -0.25) is 9.89 Å². The lowest BCUT2D eigenvalue weighted by molar-refractivity contribution is 0.0336. The third-order valence-electron chi connectivity index (χ3n) is 6.12. The lowest BCUT2D eigenvalue weighted by atomic mass is 9.86. The molecule has 3 aliphatic rings. The molecule has 0 aromatic carbocycles. The van der Waals surface area contributed by atoms with Gasteiger partial charge in [-0.25, -0.2) is 0 Å². The average molecular weight is 346 g/mol. The number of H-pyrrole nitrogens is 1. The van der Waals surface area contributed by atoms with Crippen LogP contribution in [-0.2, 0) is 17.7 Å². The molecule has 2 N–H and O–H groups in total. The third kappa shape index (κ3) is 3.60. The molecule has 1 aromatic heterocycles. The fraction of sp³-hybridized carbons (Fsp3) is 0.789. The fourth-order valence-corrected chi connectivity index (χ4v) is 4.50. The van der Waals surface area contributed by atoms with E-state index in [0.717, 1.165) is 69.0 Å². The number of carbonyl (C=O) groups excluding carboxylic acids is 1. The number of nitrogens with zero attached hydrogens (tertiary/aromatic N) is 2. The smallest absolute Gasteiger partial charge is 0.275 e. The second-order valence-corrected chi connectivity index (χ2v) is 7.96. The van der Waals surface area contributed by atoms with Crippen molar-refractivity contribution >= 4 is 5.91 Å². The van der Waals surface area contributed by atoms with Crippen LogP contribution in [0.25, 0.3) is 0 Å². The highest BCUT2D eigenvalue weighted by Crippen LogP contribution is 2.30. The molecule has 1 amide bonds. The van der Waals surface area contributed by atoms with Gasteiger partial charge in [0.25, 0.3) is 5.91 Å². The maximum Gasteiger partial charge on any atom is 0.275 e. The largest absolute Gasteiger partial charge is 0.376 e. The minimum atomic E-state index is 0.0938. The Morgan fingerprint density at radius 1 is 1.28 bits per heavy atom. The molecule has 1 aromatic rings. The topological polar surface area (TPSA) is 70.2 Å². The molecule has 6 heteroatoms. The van der Waals surface area contributed by atoms with Crippen LogP contribution in [0.1, 0.15) is 67.2 Å². The van der Waals surface area contributed by atoms with Crippen molar-refractivity contribution in [3.8, 4) is 0 Å². The Balaban J connectivity index is 1.55. The quantitative estimate of drug-likeness (QED) is 0.877. The Kier molecular flexibility index (Phi) is 5.08. The second-order valence-electron chi connectivity index (χ2n) is 7.96. The summed E-state index contributed by atoms with van der Waals surface area (Å²) in [5.41, 5.74) is 2.81. The monoisotopic (exact) mass is 346 g/mol. The Morgan fingerprint density at radius 3 is 2.88 bits per heavy atom. The van der Waals surface area contributed by atoms with Gasteiger partial charge in [0.15, 0.2) is 5.69 Å². The molecule has 1 atom stereocenters. The van der Waals surface area contributed by atoms with E-state index in [1.165, 1.54) is 12.8 Å². The highest BCUT2D eigenvalue weighted by molar-refractivity contribution is 5.94. The molecular formula is C19H30N4O2. The molecule has 1 unspecified atom stereocenters. The molecule has 1 aliphatic carbocycles. The van der Waals surface area contributed by atoms with Crippen LogP contribution in [0, 0.1) is 5.92 Å². The van der Waals surface area contributed by atoms with Gasteiger partial charge in [0.1, 0.15) is 0 Å². The Bertz CT molecular complexity index is 601. The fourth-order valence-electron chi connectivity index (χ4n) is 4.50. The van der Waals surface area contributed by atoms with E-state index >= 15 is 0 Å². The lowest BCUT2D eigenvalue weighted by Crippen LogP contribution is -2.46. The van der Waals surface area contributed by atoms with E-state index in [9.17, 15) is 4.79 Å². The van der Waals surface area contributed by atoms with Crippen molar-refractivity contribution in [3.63, 3.8) is 0 Å². The molecule has 3 heterocycles. The summed E-state index contributed by atoms with van der Waals surface area (Å²) in [6.07, 6.45) is 7.90. The molecule has 1 saturated heterocycles. The number of aromatic amines is 1. The zero-order chi connectivity index (χ0) is 17.2. The Labute approximate surface area is 149 Å². The number of carbonyl (C=O) groups is 1. The van der Waals surface area contributed by atoms with Crippen molar-refractivity contribution in [2.45, 2.75) is 70.6 Å². The Morgan fingerprint density at radius 2 is 2.12 bits per heavy atom. The third-order valence-corrected chi connectivity index (χ3v) is 6.12. The zero-order valence-corrected chi connectivity index (χ0v) is 15.2. The molecule has 25 heavy (non-hydrogen) atoms. The van der Waals surface area contributed by atoms with E-state index in [1.54, 1.807) is 0 Å². The summed E-state index contributed by atoms with van der Waals surface area (Å²) in [6.45, 7) is 5.55. The van der Waals surface area contributed by atoms with Crippen LogP contribution in [0.3, 0.4) is 0 Å². The predicted molar refractivity (Wildman–Crippen MR) is 95.4 cm³/mol. The van der Waals surface area contributed by atoms with E-state index in [1.807, 2.05) is 0 Å². The van der Waals surface area contributed by atoms with E-state index in [4.69, 9.17) is 4.74 Å². The number of nitrogens with one attached hydrogen (secondary N) is 2. The highest BCUT2D eigenvalue weighted by Gasteiger charge is 2.34. The minimum absolute atomic E-state index is 0.0938. The van der Waals surface area contributed by atoms with E-state index in [2.05, 4.69) is 27.3 Å². The summed E-state index contributed by atoms with van der Waals surface area (Å²) in [6, 6.07) is 0.330. The van der Waals surface area contributed by atoms with Crippen molar-refractivity contribution in [1.82, 2.24) is 20.4 Å². The summed E-state index contributed by atoms with van der Waals surface area (Å²) >= 11 is 0. The van der Waals surface area contributed by atoms with Gasteiger partial charge < -0.3 is 15.0 Å². The molecule has 0 bridgehead atoms. The lowest BCUT2D eigenvalue weighted by Gasteiger charge is -2.37. The van der Waals surface area contributed by atoms with Crippen molar-refractivity contribution in [2.75, 3.05) is 19.7 Å². The van der Waals surface area contributed by atoms with Crippen LogP contribution in [0.4, 0.5) is 0 Å². The maximum atomic E-state index is 13.4. The van der Waals surface area contributed by atoms with Crippen molar-refractivity contribution in [2.24, 2.45) is 5.92 Å². The first-order chi connectivity index (χ1) is 12.2. The van der Waals surface area contributed by atoms with Gasteiger partial charge in [0.05, 0.1) is 6.10 Å². The summed E-state index contributed by atoms with van der Waals surface area (Å²) in [5.74, 6) is 0.870. The van der Waals surface area contributed by atoms with Gasteiger partial charge in [-0.05, 0) is 44.4 Å². The average Bonchev–Trinajstić information content (AvgIpc) is 3.29. The number of ether oxygens (including phenoxy) is 1. The standard InChI is InChI=1S/C19H30N4O2/c1-13-4-6-14(7-5-13)23(12-15-3-2-10-25-15)19(24)18-16-11-20-9-8-17(16)21-22-18/h13-15,20H,2-12H2,1H3,(H,21,22). The first kappa shape index (κ1) is 17.0. The van der Waals surface area contributed by atoms with E-state index in [0.29, 0.717) is 18.3 Å². The first-order valence-corrected chi connectivity index (χ1v) is 9.91. The minimum Gasteiger partial charge on any atom is -0.376 e. The first-order valence-electron chi connectivity index (χ1n) is 9.91. The van der Waals surface area contributed by atoms with Crippen LogP contribution in [0.5, 0.6) is 0 Å². The summed E-state index contributed by atoms with van der Waals surface area (Å²) in [4.78, 5) is 15.5. The van der Waals surface area contributed by atoms with Crippen LogP contribution >= 0.6 is 0 Å². The van der Waals surface area contributed by atoms with Gasteiger partial charge in [0.2, 0.25) is 0 Å². The number of fused-ring (bicyclic) bond motifs is 1. The van der Waals surface area contributed by atoms with Crippen molar-refractivity contribution < 1.29 is 9.53 Å². The number of rotatable bonds is 4. The van der Waals surface area contributed by atoms with Crippen LogP contribution in [0.2, 0.25) is 0 Å². The number of hydrogen-bond acceptors (Lipinski definition) is 4. The Hall–Kier alpha value is -1.40. The zero-order valence-electron chi connectivity index (χ0n) is 15.2. The second kappa shape index (κ2) is 7.46. The SMILES string of the molecule is CC1CCC(N(CC2CCCO2)C(=O)c2n[nH]c3c2CNCC3)CC1. The molecular weight excluding hydrogens is 316 g/mol.